The minimum atomic E-state index is -3.33. The van der Waals surface area contributed by atoms with Gasteiger partial charge in [0.25, 0.3) is 10.2 Å². The number of ether oxygens (including phenoxy) is 1. The molecule has 0 bridgehead atoms. The standard InChI is InChI=1S/C14H31N3O3S/c1-4-8-15-9-5-10-16(2)21(18,19)17(3)13-14-6-11-20-12-7-14/h14-15H,4-13H2,1-3H3. The lowest BCUT2D eigenvalue weighted by molar-refractivity contribution is 0.0616. The zero-order valence-electron chi connectivity index (χ0n) is 13.7. The van der Waals surface area contributed by atoms with Gasteiger partial charge >= 0.3 is 0 Å². The number of hydrogen-bond donors (Lipinski definition) is 1. The summed E-state index contributed by atoms with van der Waals surface area (Å²) in [5, 5.41) is 3.29. The van der Waals surface area contributed by atoms with Crippen molar-refractivity contribution < 1.29 is 13.2 Å². The van der Waals surface area contributed by atoms with Gasteiger partial charge < -0.3 is 10.1 Å². The van der Waals surface area contributed by atoms with Gasteiger partial charge in [-0.2, -0.15) is 17.0 Å². The Kier molecular flexibility index (Phi) is 8.73. The van der Waals surface area contributed by atoms with E-state index in [2.05, 4.69) is 12.2 Å². The first-order valence-corrected chi connectivity index (χ1v) is 9.34. The molecular formula is C14H31N3O3S. The molecule has 7 heteroatoms. The Hall–Kier alpha value is -0.210. The molecule has 0 aromatic carbocycles. The molecular weight excluding hydrogens is 290 g/mol. The van der Waals surface area contributed by atoms with Gasteiger partial charge in [0.15, 0.2) is 0 Å². The number of nitrogens with zero attached hydrogens (tertiary/aromatic N) is 2. The van der Waals surface area contributed by atoms with Crippen LogP contribution in [0.1, 0.15) is 32.6 Å². The monoisotopic (exact) mass is 321 g/mol. The van der Waals surface area contributed by atoms with E-state index in [-0.39, 0.29) is 0 Å². The van der Waals surface area contributed by atoms with Crippen LogP contribution < -0.4 is 5.32 Å². The summed E-state index contributed by atoms with van der Waals surface area (Å²) in [6.07, 6.45) is 3.83. The van der Waals surface area contributed by atoms with Crippen LogP contribution in [0.2, 0.25) is 0 Å². The lowest BCUT2D eigenvalue weighted by Gasteiger charge is -2.29. The summed E-state index contributed by atoms with van der Waals surface area (Å²) in [5.41, 5.74) is 0. The minimum absolute atomic E-state index is 0.415. The average Bonchev–Trinajstić information content (AvgIpc) is 2.47. The molecule has 1 N–H and O–H groups in total. The van der Waals surface area contributed by atoms with E-state index >= 15 is 0 Å². The summed E-state index contributed by atoms with van der Waals surface area (Å²) in [7, 11) is 0.00651. The molecule has 126 valence electrons. The zero-order valence-corrected chi connectivity index (χ0v) is 14.5. The van der Waals surface area contributed by atoms with Crippen molar-refractivity contribution in [2.45, 2.75) is 32.6 Å². The van der Waals surface area contributed by atoms with E-state index in [1.807, 2.05) is 0 Å². The quantitative estimate of drug-likeness (QED) is 0.608. The Balaban J connectivity index is 2.34. The summed E-state index contributed by atoms with van der Waals surface area (Å²) in [6.45, 7) is 6.60. The highest BCUT2D eigenvalue weighted by Gasteiger charge is 2.26. The number of rotatable bonds is 10. The van der Waals surface area contributed by atoms with E-state index < -0.39 is 10.2 Å². The van der Waals surface area contributed by atoms with Crippen LogP contribution in [0.15, 0.2) is 0 Å². The number of nitrogens with one attached hydrogen (secondary N) is 1. The van der Waals surface area contributed by atoms with Gasteiger partial charge in [0.05, 0.1) is 0 Å². The van der Waals surface area contributed by atoms with Gasteiger partial charge in [0, 0.05) is 40.4 Å². The molecule has 0 atom stereocenters. The summed E-state index contributed by atoms with van der Waals surface area (Å²) in [5.74, 6) is 0.415. The summed E-state index contributed by atoms with van der Waals surface area (Å²) in [6, 6.07) is 0. The van der Waals surface area contributed by atoms with Crippen LogP contribution in [-0.4, -0.2) is 70.5 Å². The first-order chi connectivity index (χ1) is 9.98. The number of hydrogen-bond acceptors (Lipinski definition) is 4. The Morgan fingerprint density at radius 1 is 1.14 bits per heavy atom. The zero-order chi connectivity index (χ0) is 15.7. The van der Waals surface area contributed by atoms with Gasteiger partial charge in [-0.15, -0.1) is 0 Å². The molecule has 0 saturated carbocycles. The SMILES string of the molecule is CCCNCCCN(C)S(=O)(=O)N(C)CC1CCOCC1. The van der Waals surface area contributed by atoms with E-state index in [1.54, 1.807) is 14.1 Å². The highest BCUT2D eigenvalue weighted by molar-refractivity contribution is 7.86. The Morgan fingerprint density at radius 2 is 1.81 bits per heavy atom. The topological polar surface area (TPSA) is 61.9 Å². The van der Waals surface area contributed by atoms with Gasteiger partial charge in [-0.25, -0.2) is 0 Å². The van der Waals surface area contributed by atoms with Crippen LogP contribution in [0.5, 0.6) is 0 Å². The van der Waals surface area contributed by atoms with E-state index in [0.29, 0.717) is 19.0 Å². The summed E-state index contributed by atoms with van der Waals surface area (Å²) >= 11 is 0. The van der Waals surface area contributed by atoms with Crippen LogP contribution in [-0.2, 0) is 14.9 Å². The largest absolute Gasteiger partial charge is 0.381 e. The van der Waals surface area contributed by atoms with Gasteiger partial charge in [0.2, 0.25) is 0 Å². The average molecular weight is 321 g/mol. The maximum Gasteiger partial charge on any atom is 0.281 e. The predicted octanol–water partition coefficient (Wildman–Crippen LogP) is 0.911. The first-order valence-electron chi connectivity index (χ1n) is 7.94. The molecule has 1 rings (SSSR count). The fraction of sp³-hybridized carbons (Fsp3) is 1.00. The van der Waals surface area contributed by atoms with E-state index in [9.17, 15) is 8.42 Å². The molecule has 6 nitrogen and oxygen atoms in total. The minimum Gasteiger partial charge on any atom is -0.381 e. The molecule has 1 aliphatic rings. The van der Waals surface area contributed by atoms with Crippen LogP contribution in [0.25, 0.3) is 0 Å². The maximum atomic E-state index is 12.4. The van der Waals surface area contributed by atoms with Crippen molar-refractivity contribution in [3.8, 4) is 0 Å². The lowest BCUT2D eigenvalue weighted by Crippen LogP contribution is -2.43. The summed E-state index contributed by atoms with van der Waals surface area (Å²) < 4.78 is 33.1. The van der Waals surface area contributed by atoms with Crippen molar-refractivity contribution in [2.75, 3.05) is 53.5 Å². The van der Waals surface area contributed by atoms with Gasteiger partial charge in [0.1, 0.15) is 0 Å². The smallest absolute Gasteiger partial charge is 0.281 e. The molecule has 0 amide bonds. The Bertz CT molecular complexity index is 370. The van der Waals surface area contributed by atoms with Crippen molar-refractivity contribution in [2.24, 2.45) is 5.92 Å². The molecule has 0 spiro atoms. The fourth-order valence-electron chi connectivity index (χ4n) is 2.47. The van der Waals surface area contributed by atoms with E-state index in [4.69, 9.17) is 4.74 Å². The van der Waals surface area contributed by atoms with Crippen molar-refractivity contribution in [1.82, 2.24) is 13.9 Å². The molecule has 0 unspecified atom stereocenters. The Morgan fingerprint density at radius 3 is 2.43 bits per heavy atom. The van der Waals surface area contributed by atoms with Crippen molar-refractivity contribution >= 4 is 10.2 Å². The third kappa shape index (κ3) is 6.61. The van der Waals surface area contributed by atoms with Crippen molar-refractivity contribution in [3.63, 3.8) is 0 Å². The van der Waals surface area contributed by atoms with Crippen LogP contribution in [0.4, 0.5) is 0 Å². The molecule has 0 aliphatic carbocycles. The third-order valence-corrected chi connectivity index (χ3v) is 5.80. The molecule has 1 fully saturated rings. The van der Waals surface area contributed by atoms with Crippen molar-refractivity contribution in [3.05, 3.63) is 0 Å². The van der Waals surface area contributed by atoms with E-state index in [1.165, 1.54) is 8.61 Å². The molecule has 0 radical (unpaired) electrons. The fourth-order valence-corrected chi connectivity index (χ4v) is 3.70. The molecule has 1 heterocycles. The lowest BCUT2D eigenvalue weighted by atomic mass is 10.0. The molecule has 1 aliphatic heterocycles. The van der Waals surface area contributed by atoms with Crippen molar-refractivity contribution in [1.29, 1.82) is 0 Å². The molecule has 1 saturated heterocycles. The normalized spacial score (nSPS) is 17.8. The first kappa shape index (κ1) is 18.8. The molecule has 0 aromatic rings. The highest BCUT2D eigenvalue weighted by atomic mass is 32.2. The van der Waals surface area contributed by atoms with Gasteiger partial charge in [-0.05, 0) is 44.7 Å². The second-order valence-electron chi connectivity index (χ2n) is 5.77. The Labute approximate surface area is 130 Å². The highest BCUT2D eigenvalue weighted by Crippen LogP contribution is 2.17. The van der Waals surface area contributed by atoms with Gasteiger partial charge in [-0.3, -0.25) is 0 Å². The van der Waals surface area contributed by atoms with Crippen LogP contribution in [0.3, 0.4) is 0 Å². The maximum absolute atomic E-state index is 12.4. The second-order valence-corrected chi connectivity index (χ2v) is 7.91. The molecule has 0 aromatic heterocycles. The third-order valence-electron chi connectivity index (χ3n) is 3.90. The van der Waals surface area contributed by atoms with E-state index in [0.717, 1.165) is 52.0 Å². The van der Waals surface area contributed by atoms with Crippen LogP contribution >= 0.6 is 0 Å². The summed E-state index contributed by atoms with van der Waals surface area (Å²) in [4.78, 5) is 0. The predicted molar refractivity (Wildman–Crippen MR) is 85.5 cm³/mol. The van der Waals surface area contributed by atoms with Crippen LogP contribution in [0, 0.1) is 5.92 Å². The second kappa shape index (κ2) is 9.74. The molecule has 21 heavy (non-hydrogen) atoms. The van der Waals surface area contributed by atoms with Gasteiger partial charge in [-0.1, -0.05) is 6.92 Å².